The second kappa shape index (κ2) is 5.88. The number of hydrogen-bond donors (Lipinski definition) is 2. The van der Waals surface area contributed by atoms with E-state index >= 15 is 0 Å². The highest BCUT2D eigenvalue weighted by Crippen LogP contribution is 2.36. The summed E-state index contributed by atoms with van der Waals surface area (Å²) in [5, 5.41) is 12.5. The molecule has 0 amide bonds. The summed E-state index contributed by atoms with van der Waals surface area (Å²) >= 11 is 2.87. The van der Waals surface area contributed by atoms with E-state index < -0.39 is 17.8 Å². The second-order valence-electron chi connectivity index (χ2n) is 4.10. The first kappa shape index (κ1) is 14.9. The number of alkyl halides is 3. The van der Waals surface area contributed by atoms with Crippen molar-refractivity contribution < 1.29 is 22.7 Å². The highest BCUT2D eigenvalue weighted by atomic mass is 79.9. The Balaban J connectivity index is 2.07. The van der Waals surface area contributed by atoms with Crippen molar-refractivity contribution in [1.82, 2.24) is 0 Å². The van der Waals surface area contributed by atoms with Crippen molar-refractivity contribution in [3.8, 4) is 0 Å². The first-order valence-corrected chi connectivity index (χ1v) is 6.49. The minimum atomic E-state index is -4.43. The molecule has 20 heavy (non-hydrogen) atoms. The van der Waals surface area contributed by atoms with Gasteiger partial charge in [0.2, 0.25) is 0 Å². The Morgan fingerprint density at radius 3 is 2.65 bits per heavy atom. The average molecular weight is 350 g/mol. The number of hydrogen-bond acceptors (Lipinski definition) is 3. The lowest BCUT2D eigenvalue weighted by molar-refractivity contribution is -0.138. The van der Waals surface area contributed by atoms with Crippen molar-refractivity contribution in [2.24, 2.45) is 0 Å². The molecule has 1 atom stereocenters. The fourth-order valence-corrected chi connectivity index (χ4v) is 2.12. The molecule has 7 heteroatoms. The predicted octanol–water partition coefficient (Wildman–Crippen LogP) is 4.21. The molecule has 2 rings (SSSR count). The van der Waals surface area contributed by atoms with Gasteiger partial charge < -0.3 is 14.8 Å². The summed E-state index contributed by atoms with van der Waals surface area (Å²) in [6.07, 6.45) is -3.95. The van der Waals surface area contributed by atoms with E-state index in [9.17, 15) is 18.3 Å². The van der Waals surface area contributed by atoms with Gasteiger partial charge in [0, 0.05) is 16.7 Å². The van der Waals surface area contributed by atoms with Crippen LogP contribution >= 0.6 is 15.9 Å². The number of halogens is 4. The van der Waals surface area contributed by atoms with Crippen molar-refractivity contribution in [2.45, 2.75) is 12.3 Å². The predicted molar refractivity (Wildman–Crippen MR) is 71.3 cm³/mol. The Bertz CT molecular complexity index is 569. The van der Waals surface area contributed by atoms with Crippen LogP contribution in [0, 0.1) is 0 Å². The molecule has 1 aromatic heterocycles. The SMILES string of the molecule is OC(CNc1ccc(Br)c(C(F)(F)F)c1)c1ccco1. The first-order chi connectivity index (χ1) is 9.38. The van der Waals surface area contributed by atoms with Crippen molar-refractivity contribution >= 4 is 21.6 Å². The van der Waals surface area contributed by atoms with Gasteiger partial charge in [-0.05, 0) is 30.3 Å². The average Bonchev–Trinajstić information content (AvgIpc) is 2.90. The van der Waals surface area contributed by atoms with Crippen LogP contribution in [-0.2, 0) is 6.18 Å². The molecule has 1 heterocycles. The van der Waals surface area contributed by atoms with Gasteiger partial charge in [-0.2, -0.15) is 13.2 Å². The summed E-state index contributed by atoms with van der Waals surface area (Å²) in [6.45, 7) is 0.0481. The summed E-state index contributed by atoms with van der Waals surface area (Å²) in [5.74, 6) is 0.352. The number of aliphatic hydroxyl groups is 1. The van der Waals surface area contributed by atoms with Gasteiger partial charge >= 0.3 is 6.18 Å². The Kier molecular flexibility index (Phi) is 4.39. The maximum atomic E-state index is 12.7. The quantitative estimate of drug-likeness (QED) is 0.869. The summed E-state index contributed by atoms with van der Waals surface area (Å²) in [4.78, 5) is 0. The van der Waals surface area contributed by atoms with Crippen molar-refractivity contribution in [3.63, 3.8) is 0 Å². The smallest absolute Gasteiger partial charge is 0.417 e. The lowest BCUT2D eigenvalue weighted by Gasteiger charge is -2.14. The van der Waals surface area contributed by atoms with Crippen LogP contribution in [0.3, 0.4) is 0 Å². The lowest BCUT2D eigenvalue weighted by atomic mass is 10.2. The fourth-order valence-electron chi connectivity index (χ4n) is 1.65. The van der Waals surface area contributed by atoms with E-state index in [2.05, 4.69) is 21.2 Å². The van der Waals surface area contributed by atoms with Gasteiger partial charge in [-0.25, -0.2) is 0 Å². The topological polar surface area (TPSA) is 45.4 Å². The molecule has 0 saturated heterocycles. The lowest BCUT2D eigenvalue weighted by Crippen LogP contribution is -2.13. The zero-order valence-corrected chi connectivity index (χ0v) is 11.7. The molecule has 0 saturated carbocycles. The molecule has 3 nitrogen and oxygen atoms in total. The molecule has 0 bridgehead atoms. The van der Waals surface area contributed by atoms with E-state index in [1.54, 1.807) is 12.1 Å². The number of benzene rings is 1. The maximum Gasteiger partial charge on any atom is 0.417 e. The standard InChI is InChI=1S/C13H11BrF3NO2/c14-10-4-3-8(6-9(10)13(15,16)17)18-7-11(19)12-2-1-5-20-12/h1-6,11,18-19H,7H2. The van der Waals surface area contributed by atoms with Gasteiger partial charge in [0.05, 0.1) is 11.8 Å². The summed E-state index contributed by atoms with van der Waals surface area (Å²) in [6, 6.07) is 7.01. The van der Waals surface area contributed by atoms with E-state index in [1.165, 1.54) is 18.4 Å². The maximum absolute atomic E-state index is 12.7. The van der Waals surface area contributed by atoms with Crippen molar-refractivity contribution in [3.05, 3.63) is 52.4 Å². The van der Waals surface area contributed by atoms with Gasteiger partial charge in [-0.1, -0.05) is 15.9 Å². The van der Waals surface area contributed by atoms with Crippen LogP contribution in [0.2, 0.25) is 0 Å². The summed E-state index contributed by atoms with van der Waals surface area (Å²) in [5.41, 5.74) is -0.499. The third-order valence-corrected chi connectivity index (χ3v) is 3.33. The third-order valence-electron chi connectivity index (χ3n) is 2.64. The monoisotopic (exact) mass is 349 g/mol. The third kappa shape index (κ3) is 3.55. The van der Waals surface area contributed by atoms with Gasteiger partial charge in [0.15, 0.2) is 0 Å². The van der Waals surface area contributed by atoms with Crippen LogP contribution in [0.1, 0.15) is 17.4 Å². The van der Waals surface area contributed by atoms with E-state index in [4.69, 9.17) is 4.42 Å². The van der Waals surface area contributed by atoms with Crippen LogP contribution in [0.15, 0.2) is 45.5 Å². The molecule has 1 aromatic carbocycles. The molecule has 0 radical (unpaired) electrons. The number of furan rings is 1. The van der Waals surface area contributed by atoms with Gasteiger partial charge in [0.25, 0.3) is 0 Å². The normalized spacial score (nSPS) is 13.2. The Morgan fingerprint density at radius 1 is 1.30 bits per heavy atom. The first-order valence-electron chi connectivity index (χ1n) is 5.70. The molecule has 0 aliphatic rings. The number of anilines is 1. The fraction of sp³-hybridized carbons (Fsp3) is 0.231. The minimum Gasteiger partial charge on any atom is -0.467 e. The van der Waals surface area contributed by atoms with Crippen molar-refractivity contribution in [2.75, 3.05) is 11.9 Å². The number of aliphatic hydroxyl groups excluding tert-OH is 1. The number of nitrogens with one attached hydrogen (secondary N) is 1. The molecule has 0 aliphatic carbocycles. The molecule has 0 fully saturated rings. The van der Waals surface area contributed by atoms with Crippen LogP contribution in [0.25, 0.3) is 0 Å². The molecular weight excluding hydrogens is 339 g/mol. The minimum absolute atomic E-state index is 0.0258. The second-order valence-corrected chi connectivity index (χ2v) is 4.96. The van der Waals surface area contributed by atoms with Crippen molar-refractivity contribution in [1.29, 1.82) is 0 Å². The largest absolute Gasteiger partial charge is 0.467 e. The Labute approximate surface area is 121 Å². The molecular formula is C13H11BrF3NO2. The van der Waals surface area contributed by atoms with Gasteiger partial charge in [0.1, 0.15) is 11.9 Å². The number of rotatable bonds is 4. The highest BCUT2D eigenvalue weighted by Gasteiger charge is 2.33. The van der Waals surface area contributed by atoms with Crippen LogP contribution < -0.4 is 5.32 Å². The molecule has 2 aromatic rings. The van der Waals surface area contributed by atoms with Crippen LogP contribution in [-0.4, -0.2) is 11.7 Å². The molecule has 0 spiro atoms. The van der Waals surface area contributed by atoms with E-state index in [-0.39, 0.29) is 16.7 Å². The highest BCUT2D eigenvalue weighted by molar-refractivity contribution is 9.10. The van der Waals surface area contributed by atoms with Crippen LogP contribution in [0.4, 0.5) is 18.9 Å². The van der Waals surface area contributed by atoms with E-state index in [0.29, 0.717) is 5.76 Å². The van der Waals surface area contributed by atoms with Gasteiger partial charge in [-0.3, -0.25) is 0 Å². The van der Waals surface area contributed by atoms with E-state index in [1.807, 2.05) is 0 Å². The van der Waals surface area contributed by atoms with E-state index in [0.717, 1.165) is 6.07 Å². The molecule has 1 unspecified atom stereocenters. The van der Waals surface area contributed by atoms with Crippen LogP contribution in [0.5, 0.6) is 0 Å². The summed E-state index contributed by atoms with van der Waals surface area (Å²) in [7, 11) is 0. The Morgan fingerprint density at radius 2 is 2.05 bits per heavy atom. The molecule has 108 valence electrons. The molecule has 0 aliphatic heterocycles. The summed E-state index contributed by atoms with van der Waals surface area (Å²) < 4.78 is 43.2. The Hall–Kier alpha value is -1.47. The zero-order valence-electron chi connectivity index (χ0n) is 10.1. The zero-order chi connectivity index (χ0) is 14.8. The molecule has 2 N–H and O–H groups in total. The van der Waals surface area contributed by atoms with Gasteiger partial charge in [-0.15, -0.1) is 0 Å².